The Hall–Kier alpha value is -1.68. The van der Waals surface area contributed by atoms with E-state index in [4.69, 9.17) is 15.2 Å². The number of hydrogen-bond donors (Lipinski definition) is 1. The molecule has 0 aliphatic rings. The molecule has 0 saturated carbocycles. The minimum atomic E-state index is 0.768. The molecule has 0 aliphatic heterocycles. The number of nitrogens with two attached hydrogens (primary N) is 1. The molecule has 84 valence electrons. The molecule has 16 heavy (non-hydrogen) atoms. The Balaban J connectivity index is 2.53. The Morgan fingerprint density at radius 1 is 1.06 bits per heavy atom. The molecule has 1 aromatic heterocycles. The van der Waals surface area contributed by atoms with Crippen molar-refractivity contribution < 1.29 is 9.47 Å². The number of thiophene rings is 1. The summed E-state index contributed by atoms with van der Waals surface area (Å²) in [5.41, 5.74) is 8.65. The highest BCUT2D eigenvalue weighted by Gasteiger charge is 2.10. The number of anilines is 1. The van der Waals surface area contributed by atoms with Gasteiger partial charge in [-0.3, -0.25) is 0 Å². The number of benzene rings is 1. The monoisotopic (exact) mass is 235 g/mol. The lowest BCUT2D eigenvalue weighted by molar-refractivity contribution is 0.395. The minimum absolute atomic E-state index is 0.768. The van der Waals surface area contributed by atoms with Crippen LogP contribution in [-0.4, -0.2) is 14.2 Å². The molecule has 1 heterocycles. The van der Waals surface area contributed by atoms with Crippen molar-refractivity contribution in [2.75, 3.05) is 20.0 Å². The van der Waals surface area contributed by atoms with Crippen LogP contribution in [0.2, 0.25) is 0 Å². The maximum atomic E-state index is 5.89. The van der Waals surface area contributed by atoms with Gasteiger partial charge in [0.2, 0.25) is 0 Å². The largest absolute Gasteiger partial charge is 0.497 e. The van der Waals surface area contributed by atoms with Crippen molar-refractivity contribution in [3.8, 4) is 22.6 Å². The topological polar surface area (TPSA) is 44.5 Å². The van der Waals surface area contributed by atoms with Gasteiger partial charge < -0.3 is 15.2 Å². The molecule has 0 atom stereocenters. The summed E-state index contributed by atoms with van der Waals surface area (Å²) in [5, 5.41) is 3.93. The second-order valence-corrected chi connectivity index (χ2v) is 4.05. The normalized spacial score (nSPS) is 10.1. The van der Waals surface area contributed by atoms with Crippen LogP contribution in [0.1, 0.15) is 0 Å². The third-order valence-corrected chi connectivity index (χ3v) is 3.15. The zero-order valence-corrected chi connectivity index (χ0v) is 10.0. The van der Waals surface area contributed by atoms with Gasteiger partial charge in [0.1, 0.15) is 11.5 Å². The van der Waals surface area contributed by atoms with E-state index >= 15 is 0 Å². The summed E-state index contributed by atoms with van der Waals surface area (Å²) in [4.78, 5) is 0. The summed E-state index contributed by atoms with van der Waals surface area (Å²) in [6, 6.07) is 5.71. The average molecular weight is 235 g/mol. The van der Waals surface area contributed by atoms with Crippen molar-refractivity contribution >= 4 is 17.0 Å². The molecule has 4 heteroatoms. The molecule has 0 saturated heterocycles. The van der Waals surface area contributed by atoms with Crippen LogP contribution in [0.5, 0.6) is 11.5 Å². The lowest BCUT2D eigenvalue weighted by atomic mass is 10.1. The van der Waals surface area contributed by atoms with Crippen molar-refractivity contribution in [2.24, 2.45) is 0 Å². The van der Waals surface area contributed by atoms with Gasteiger partial charge in [-0.15, -0.1) is 11.3 Å². The van der Waals surface area contributed by atoms with Crippen LogP contribution < -0.4 is 15.2 Å². The Bertz CT molecular complexity index is 494. The van der Waals surface area contributed by atoms with Crippen LogP contribution in [0.25, 0.3) is 11.1 Å². The summed E-state index contributed by atoms with van der Waals surface area (Å²) in [7, 11) is 3.27. The highest BCUT2D eigenvalue weighted by molar-refractivity contribution is 7.08. The highest BCUT2D eigenvalue weighted by atomic mass is 32.1. The first kappa shape index (κ1) is 10.8. The maximum Gasteiger partial charge on any atom is 0.130 e. The number of hydrogen-bond acceptors (Lipinski definition) is 4. The van der Waals surface area contributed by atoms with Crippen LogP contribution >= 0.6 is 11.3 Å². The molecule has 1 aromatic carbocycles. The summed E-state index contributed by atoms with van der Waals surface area (Å²) in [6.45, 7) is 0. The van der Waals surface area contributed by atoms with E-state index in [1.807, 2.05) is 29.0 Å². The van der Waals surface area contributed by atoms with Gasteiger partial charge in [-0.1, -0.05) is 0 Å². The molecule has 0 bridgehead atoms. The number of methoxy groups -OCH3 is 2. The van der Waals surface area contributed by atoms with Crippen molar-refractivity contribution in [3.05, 3.63) is 29.0 Å². The SMILES string of the molecule is COc1ccc(-c2cscc2N)c(OC)c1. The average Bonchev–Trinajstić information content (AvgIpc) is 2.74. The third-order valence-electron chi connectivity index (χ3n) is 2.39. The summed E-state index contributed by atoms with van der Waals surface area (Å²) in [6.07, 6.45) is 0. The number of ether oxygens (including phenoxy) is 2. The van der Waals surface area contributed by atoms with Crippen molar-refractivity contribution in [1.29, 1.82) is 0 Å². The first-order valence-electron chi connectivity index (χ1n) is 4.80. The van der Waals surface area contributed by atoms with Gasteiger partial charge in [-0.25, -0.2) is 0 Å². The predicted molar refractivity (Wildman–Crippen MR) is 67.3 cm³/mol. The number of nitrogen functional groups attached to an aromatic ring is 1. The van der Waals surface area contributed by atoms with E-state index in [0.717, 1.165) is 28.3 Å². The van der Waals surface area contributed by atoms with Crippen molar-refractivity contribution in [3.63, 3.8) is 0 Å². The maximum absolute atomic E-state index is 5.89. The third kappa shape index (κ3) is 1.84. The molecular weight excluding hydrogens is 222 g/mol. The molecule has 0 spiro atoms. The fourth-order valence-corrected chi connectivity index (χ4v) is 2.29. The zero-order chi connectivity index (χ0) is 11.5. The number of rotatable bonds is 3. The summed E-state index contributed by atoms with van der Waals surface area (Å²) in [5.74, 6) is 1.54. The van der Waals surface area contributed by atoms with E-state index in [1.54, 1.807) is 25.6 Å². The first-order valence-corrected chi connectivity index (χ1v) is 5.74. The first-order chi connectivity index (χ1) is 7.76. The van der Waals surface area contributed by atoms with E-state index in [2.05, 4.69) is 0 Å². The second kappa shape index (κ2) is 4.45. The van der Waals surface area contributed by atoms with E-state index in [9.17, 15) is 0 Å². The van der Waals surface area contributed by atoms with Crippen LogP contribution in [0.3, 0.4) is 0 Å². The minimum Gasteiger partial charge on any atom is -0.497 e. The van der Waals surface area contributed by atoms with Crippen LogP contribution in [0.4, 0.5) is 5.69 Å². The fraction of sp³-hybridized carbons (Fsp3) is 0.167. The Morgan fingerprint density at radius 3 is 2.44 bits per heavy atom. The van der Waals surface area contributed by atoms with Gasteiger partial charge in [0, 0.05) is 28.0 Å². The van der Waals surface area contributed by atoms with Gasteiger partial charge in [-0.05, 0) is 12.1 Å². The quantitative estimate of drug-likeness (QED) is 0.889. The standard InChI is InChI=1S/C12H13NO2S/c1-14-8-3-4-9(12(5-8)15-2)10-6-16-7-11(10)13/h3-7H,13H2,1-2H3. The fourth-order valence-electron chi connectivity index (χ4n) is 1.55. The molecular formula is C12H13NO2S. The summed E-state index contributed by atoms with van der Waals surface area (Å²) < 4.78 is 10.5. The molecule has 0 radical (unpaired) electrons. The van der Waals surface area contributed by atoms with Gasteiger partial charge in [-0.2, -0.15) is 0 Å². The zero-order valence-electron chi connectivity index (χ0n) is 9.19. The molecule has 0 unspecified atom stereocenters. The van der Waals surface area contributed by atoms with Gasteiger partial charge in [0.15, 0.2) is 0 Å². The predicted octanol–water partition coefficient (Wildman–Crippen LogP) is 3.01. The summed E-state index contributed by atoms with van der Waals surface area (Å²) >= 11 is 1.58. The Labute approximate surface area is 98.4 Å². The smallest absolute Gasteiger partial charge is 0.130 e. The molecule has 3 nitrogen and oxygen atoms in total. The lowest BCUT2D eigenvalue weighted by Crippen LogP contribution is -1.91. The molecule has 0 fully saturated rings. The van der Waals surface area contributed by atoms with E-state index in [-0.39, 0.29) is 0 Å². The Morgan fingerprint density at radius 2 is 1.88 bits per heavy atom. The van der Waals surface area contributed by atoms with Gasteiger partial charge in [0.25, 0.3) is 0 Å². The van der Waals surface area contributed by atoms with Crippen LogP contribution in [-0.2, 0) is 0 Å². The molecule has 0 amide bonds. The Kier molecular flexibility index (Phi) is 3.01. The highest BCUT2D eigenvalue weighted by Crippen LogP contribution is 2.37. The van der Waals surface area contributed by atoms with Crippen molar-refractivity contribution in [1.82, 2.24) is 0 Å². The van der Waals surface area contributed by atoms with E-state index in [0.29, 0.717) is 0 Å². The van der Waals surface area contributed by atoms with E-state index in [1.165, 1.54) is 0 Å². The van der Waals surface area contributed by atoms with Crippen LogP contribution in [0, 0.1) is 0 Å². The molecule has 2 aromatic rings. The van der Waals surface area contributed by atoms with Gasteiger partial charge in [0.05, 0.1) is 19.9 Å². The lowest BCUT2D eigenvalue weighted by Gasteiger charge is -2.09. The van der Waals surface area contributed by atoms with Crippen LogP contribution in [0.15, 0.2) is 29.0 Å². The molecule has 0 aliphatic carbocycles. The molecule has 2 rings (SSSR count). The van der Waals surface area contributed by atoms with E-state index < -0.39 is 0 Å². The van der Waals surface area contributed by atoms with Gasteiger partial charge >= 0.3 is 0 Å². The van der Waals surface area contributed by atoms with Crippen molar-refractivity contribution in [2.45, 2.75) is 0 Å². The molecule has 2 N–H and O–H groups in total. The second-order valence-electron chi connectivity index (χ2n) is 3.31.